The van der Waals surface area contributed by atoms with Gasteiger partial charge in [-0.3, -0.25) is 9.59 Å². The van der Waals surface area contributed by atoms with Gasteiger partial charge in [0.2, 0.25) is 0 Å². The average molecular weight is 459 g/mol. The maximum Gasteiger partial charge on any atom is 0.344 e. The first-order valence-electron chi connectivity index (χ1n) is 13.4. The topological polar surface area (TPSA) is 69.7 Å². The molecule has 0 amide bonds. The van der Waals surface area contributed by atoms with Crippen LogP contribution in [0.2, 0.25) is 0 Å². The van der Waals surface area contributed by atoms with Gasteiger partial charge in [-0.15, -0.1) is 0 Å². The monoisotopic (exact) mass is 458 g/mol. The Balaban J connectivity index is 1.44. The largest absolute Gasteiger partial charge is 0.459 e. The number of ether oxygens (including phenoxy) is 2. The molecule has 0 aliphatic heterocycles. The van der Waals surface area contributed by atoms with Crippen molar-refractivity contribution in [1.29, 1.82) is 0 Å². The quantitative estimate of drug-likeness (QED) is 0.461. The maximum atomic E-state index is 12.7. The first kappa shape index (κ1) is 24.5. The molecule has 0 heterocycles. The molecule has 0 N–H and O–H groups in total. The van der Waals surface area contributed by atoms with Crippen LogP contribution in [0.15, 0.2) is 11.6 Å². The molecule has 0 radical (unpaired) electrons. The van der Waals surface area contributed by atoms with Crippen LogP contribution in [-0.4, -0.2) is 30.4 Å². The highest BCUT2D eigenvalue weighted by atomic mass is 16.6. The summed E-state index contributed by atoms with van der Waals surface area (Å²) in [6.45, 7) is 8.19. The lowest BCUT2D eigenvalue weighted by Crippen LogP contribution is -2.49. The summed E-state index contributed by atoms with van der Waals surface area (Å²) in [6, 6.07) is 0. The van der Waals surface area contributed by atoms with Crippen molar-refractivity contribution in [3.8, 4) is 0 Å². The Hall–Kier alpha value is -1.65. The molecule has 4 aliphatic carbocycles. The van der Waals surface area contributed by atoms with Gasteiger partial charge in [-0.1, -0.05) is 33.3 Å². The standard InChI is InChI=1S/C28H42O5/c1-5-17(6-2)27(31)32-16-25(30)33-26-18(7-3)15-24-23-10-8-19-14-20(29)9-11-21(19)22(23)12-13-28(24,26)4/h14,17-18,21-24,26H,5-13,15-16H2,1-4H3/t18-,21-,22+,23+,24-,26-,28-/m0/s1. The van der Waals surface area contributed by atoms with E-state index in [1.807, 2.05) is 19.9 Å². The summed E-state index contributed by atoms with van der Waals surface area (Å²) < 4.78 is 11.4. The molecule has 33 heavy (non-hydrogen) atoms. The van der Waals surface area contributed by atoms with Gasteiger partial charge in [0.1, 0.15) is 6.10 Å². The molecule has 0 bridgehead atoms. The molecule has 4 rings (SSSR count). The molecule has 3 fully saturated rings. The molecule has 0 aromatic rings. The second kappa shape index (κ2) is 9.92. The summed E-state index contributed by atoms with van der Waals surface area (Å²) in [7, 11) is 0. The zero-order valence-electron chi connectivity index (χ0n) is 20.9. The fourth-order valence-corrected chi connectivity index (χ4v) is 7.97. The van der Waals surface area contributed by atoms with Crippen molar-refractivity contribution in [2.45, 2.75) is 98.0 Å². The molecule has 3 saturated carbocycles. The number of carbonyl (C=O) groups is 3. The highest BCUT2D eigenvalue weighted by Gasteiger charge is 2.60. The normalized spacial score (nSPS) is 37.6. The SMILES string of the molecule is CCC(CC)C(=O)OCC(=O)O[C@H]1[C@@H](CC)C[C@H]2[C@@H]3CCC4=CC(=O)CC[C@@H]4[C@H]3CC[C@@]21C. The number of hydrogen-bond acceptors (Lipinski definition) is 5. The zero-order chi connectivity index (χ0) is 23.8. The molecule has 5 nitrogen and oxygen atoms in total. The Labute approximate surface area is 199 Å². The summed E-state index contributed by atoms with van der Waals surface area (Å²) in [6.07, 6.45) is 11.6. The molecule has 184 valence electrons. The molecular formula is C28H42O5. The lowest BCUT2D eigenvalue weighted by Gasteiger charge is -2.53. The fraction of sp³-hybridized carbons (Fsp3) is 0.821. The van der Waals surface area contributed by atoms with Crippen LogP contribution < -0.4 is 0 Å². The van der Waals surface area contributed by atoms with Crippen molar-refractivity contribution in [3.63, 3.8) is 0 Å². The van der Waals surface area contributed by atoms with Crippen molar-refractivity contribution in [2.24, 2.45) is 40.9 Å². The van der Waals surface area contributed by atoms with E-state index >= 15 is 0 Å². The van der Waals surface area contributed by atoms with Gasteiger partial charge < -0.3 is 9.47 Å². The van der Waals surface area contributed by atoms with Gasteiger partial charge in [0.05, 0.1) is 5.92 Å². The lowest BCUT2D eigenvalue weighted by molar-refractivity contribution is -0.172. The number of hydrogen-bond donors (Lipinski definition) is 0. The van der Waals surface area contributed by atoms with Gasteiger partial charge in [-0.05, 0) is 93.5 Å². The number of rotatable bonds is 7. The maximum absolute atomic E-state index is 12.7. The van der Waals surface area contributed by atoms with Crippen LogP contribution in [0.4, 0.5) is 0 Å². The second-order valence-electron chi connectivity index (χ2n) is 11.3. The first-order valence-corrected chi connectivity index (χ1v) is 13.4. The van der Waals surface area contributed by atoms with Crippen molar-refractivity contribution in [2.75, 3.05) is 6.61 Å². The highest BCUT2D eigenvalue weighted by molar-refractivity contribution is 5.91. The van der Waals surface area contributed by atoms with Crippen molar-refractivity contribution >= 4 is 17.7 Å². The molecule has 4 aliphatic rings. The summed E-state index contributed by atoms with van der Waals surface area (Å²) in [4.78, 5) is 36.9. The molecule has 7 atom stereocenters. The number of allylic oxidation sites excluding steroid dienone is 1. The molecule has 0 saturated heterocycles. The summed E-state index contributed by atoms with van der Waals surface area (Å²) >= 11 is 0. The second-order valence-corrected chi connectivity index (χ2v) is 11.3. The van der Waals surface area contributed by atoms with Crippen LogP contribution >= 0.6 is 0 Å². The molecular weight excluding hydrogens is 416 g/mol. The van der Waals surface area contributed by atoms with Crippen molar-refractivity contribution in [3.05, 3.63) is 11.6 Å². The third-order valence-electron chi connectivity index (χ3n) is 9.81. The van der Waals surface area contributed by atoms with Crippen LogP contribution in [0.25, 0.3) is 0 Å². The van der Waals surface area contributed by atoms with E-state index in [0.29, 0.717) is 41.8 Å². The predicted octanol–water partition coefficient (Wildman–Crippen LogP) is 5.66. The Morgan fingerprint density at radius 3 is 2.55 bits per heavy atom. The van der Waals surface area contributed by atoms with Gasteiger partial charge in [0.25, 0.3) is 0 Å². The highest BCUT2D eigenvalue weighted by Crippen LogP contribution is 2.64. The minimum Gasteiger partial charge on any atom is -0.459 e. The predicted molar refractivity (Wildman–Crippen MR) is 126 cm³/mol. The number of esters is 2. The summed E-state index contributed by atoms with van der Waals surface area (Å²) in [5.74, 6) is 2.30. The van der Waals surface area contributed by atoms with Gasteiger partial charge >= 0.3 is 11.9 Å². The van der Waals surface area contributed by atoms with Crippen LogP contribution in [0.5, 0.6) is 0 Å². The van der Waals surface area contributed by atoms with Gasteiger partial charge in [0, 0.05) is 11.8 Å². The lowest BCUT2D eigenvalue weighted by atomic mass is 9.52. The van der Waals surface area contributed by atoms with Crippen LogP contribution in [0, 0.1) is 40.9 Å². The molecule has 0 aromatic heterocycles. The van der Waals surface area contributed by atoms with E-state index in [2.05, 4.69) is 13.8 Å². The number of ketones is 1. The van der Waals surface area contributed by atoms with E-state index in [0.717, 1.165) is 57.8 Å². The fourth-order valence-electron chi connectivity index (χ4n) is 7.97. The van der Waals surface area contributed by atoms with Gasteiger partial charge in [-0.2, -0.15) is 0 Å². The number of fused-ring (bicyclic) bond motifs is 5. The Morgan fingerprint density at radius 1 is 1.09 bits per heavy atom. The van der Waals surface area contributed by atoms with Crippen LogP contribution in [0.1, 0.15) is 91.9 Å². The van der Waals surface area contributed by atoms with Crippen molar-refractivity contribution in [1.82, 2.24) is 0 Å². The number of carbonyl (C=O) groups excluding carboxylic acids is 3. The third kappa shape index (κ3) is 4.53. The van der Waals surface area contributed by atoms with Gasteiger partial charge in [0.15, 0.2) is 12.4 Å². The average Bonchev–Trinajstić information content (AvgIpc) is 3.09. The Bertz CT molecular complexity index is 796. The van der Waals surface area contributed by atoms with E-state index in [1.165, 1.54) is 5.57 Å². The summed E-state index contributed by atoms with van der Waals surface area (Å²) in [5.41, 5.74) is 1.39. The van der Waals surface area contributed by atoms with E-state index in [9.17, 15) is 14.4 Å². The van der Waals surface area contributed by atoms with Crippen LogP contribution in [-0.2, 0) is 23.9 Å². The van der Waals surface area contributed by atoms with E-state index < -0.39 is 5.97 Å². The minimum atomic E-state index is -0.401. The van der Waals surface area contributed by atoms with Crippen LogP contribution in [0.3, 0.4) is 0 Å². The smallest absolute Gasteiger partial charge is 0.344 e. The van der Waals surface area contributed by atoms with E-state index in [-0.39, 0.29) is 30.0 Å². The molecule has 5 heteroatoms. The molecule has 0 unspecified atom stereocenters. The van der Waals surface area contributed by atoms with E-state index in [1.54, 1.807) is 0 Å². The van der Waals surface area contributed by atoms with Crippen molar-refractivity contribution < 1.29 is 23.9 Å². The zero-order valence-corrected chi connectivity index (χ0v) is 20.9. The first-order chi connectivity index (χ1) is 15.8. The summed E-state index contributed by atoms with van der Waals surface area (Å²) in [5, 5.41) is 0. The Morgan fingerprint density at radius 2 is 1.85 bits per heavy atom. The Kier molecular flexibility index (Phi) is 7.35. The van der Waals surface area contributed by atoms with E-state index in [4.69, 9.17) is 9.47 Å². The molecule has 0 spiro atoms. The third-order valence-corrected chi connectivity index (χ3v) is 9.81. The van der Waals surface area contributed by atoms with Gasteiger partial charge in [-0.25, -0.2) is 4.79 Å². The molecule has 0 aromatic carbocycles. The minimum absolute atomic E-state index is 0.0113.